The van der Waals surface area contributed by atoms with Gasteiger partial charge in [0, 0.05) is 37.6 Å². The molecule has 2 atom stereocenters. The number of benzene rings is 1. The van der Waals surface area contributed by atoms with Crippen LogP contribution in [0.1, 0.15) is 31.7 Å². The monoisotopic (exact) mass is 334 g/mol. The third-order valence-corrected chi connectivity index (χ3v) is 5.35. The SMILES string of the molecule is CC(=Cc1ccccc1)C1C[C@@H]1NC1CCN(c2ncccn2)CC1. The van der Waals surface area contributed by atoms with Crippen LogP contribution in [0.2, 0.25) is 0 Å². The summed E-state index contributed by atoms with van der Waals surface area (Å²) in [7, 11) is 0. The second kappa shape index (κ2) is 7.36. The molecule has 2 aromatic rings. The lowest BCUT2D eigenvalue weighted by Gasteiger charge is -2.32. The van der Waals surface area contributed by atoms with Crippen LogP contribution < -0.4 is 10.2 Å². The second-order valence-electron chi connectivity index (χ2n) is 7.22. The molecule has 1 aliphatic heterocycles. The molecule has 0 spiro atoms. The number of hydrogen-bond donors (Lipinski definition) is 1. The van der Waals surface area contributed by atoms with E-state index in [0.29, 0.717) is 18.0 Å². The van der Waals surface area contributed by atoms with E-state index in [1.807, 2.05) is 18.5 Å². The molecule has 1 N–H and O–H groups in total. The first-order chi connectivity index (χ1) is 12.3. The van der Waals surface area contributed by atoms with Gasteiger partial charge in [-0.1, -0.05) is 42.0 Å². The van der Waals surface area contributed by atoms with Gasteiger partial charge in [-0.3, -0.25) is 0 Å². The van der Waals surface area contributed by atoms with Crippen LogP contribution in [0.15, 0.2) is 54.4 Å². The first kappa shape index (κ1) is 16.3. The molecule has 0 bridgehead atoms. The lowest BCUT2D eigenvalue weighted by molar-refractivity contribution is 0.405. The van der Waals surface area contributed by atoms with Crippen molar-refractivity contribution < 1.29 is 0 Å². The van der Waals surface area contributed by atoms with Gasteiger partial charge in [-0.05, 0) is 43.7 Å². The second-order valence-corrected chi connectivity index (χ2v) is 7.22. The lowest BCUT2D eigenvalue weighted by Crippen LogP contribution is -2.44. The highest BCUT2D eigenvalue weighted by Crippen LogP contribution is 2.38. The fraction of sp³-hybridized carbons (Fsp3) is 0.429. The molecule has 130 valence electrons. The molecule has 1 unspecified atom stereocenters. The van der Waals surface area contributed by atoms with Crippen molar-refractivity contribution in [2.45, 2.75) is 38.3 Å². The van der Waals surface area contributed by atoms with Crippen LogP contribution in [0.25, 0.3) is 6.08 Å². The first-order valence-corrected chi connectivity index (χ1v) is 9.31. The molecule has 2 aliphatic rings. The molecule has 2 heterocycles. The molecule has 1 aliphatic carbocycles. The van der Waals surface area contributed by atoms with Crippen LogP contribution in [0.4, 0.5) is 5.95 Å². The highest BCUT2D eigenvalue weighted by molar-refractivity contribution is 5.53. The van der Waals surface area contributed by atoms with Gasteiger partial charge in [-0.15, -0.1) is 0 Å². The zero-order chi connectivity index (χ0) is 17.1. The highest BCUT2D eigenvalue weighted by Gasteiger charge is 2.39. The van der Waals surface area contributed by atoms with E-state index in [0.717, 1.165) is 19.0 Å². The summed E-state index contributed by atoms with van der Waals surface area (Å²) >= 11 is 0. The van der Waals surface area contributed by atoms with Gasteiger partial charge in [0.05, 0.1) is 0 Å². The molecule has 1 saturated heterocycles. The fourth-order valence-electron chi connectivity index (χ4n) is 3.81. The Hall–Kier alpha value is -2.20. The van der Waals surface area contributed by atoms with E-state index < -0.39 is 0 Å². The molecular formula is C21H26N4. The summed E-state index contributed by atoms with van der Waals surface area (Å²) in [5.41, 5.74) is 2.81. The minimum Gasteiger partial charge on any atom is -0.341 e. The molecular weight excluding hydrogens is 308 g/mol. The van der Waals surface area contributed by atoms with Crippen molar-refractivity contribution in [2.75, 3.05) is 18.0 Å². The Morgan fingerprint density at radius 3 is 2.52 bits per heavy atom. The van der Waals surface area contributed by atoms with Crippen molar-refractivity contribution in [2.24, 2.45) is 5.92 Å². The molecule has 2 fully saturated rings. The molecule has 1 aromatic carbocycles. The van der Waals surface area contributed by atoms with Gasteiger partial charge >= 0.3 is 0 Å². The zero-order valence-electron chi connectivity index (χ0n) is 14.8. The Kier molecular flexibility index (Phi) is 4.79. The summed E-state index contributed by atoms with van der Waals surface area (Å²) in [5.74, 6) is 1.57. The van der Waals surface area contributed by atoms with E-state index >= 15 is 0 Å². The molecule has 1 aromatic heterocycles. The maximum atomic E-state index is 4.36. The van der Waals surface area contributed by atoms with E-state index in [2.05, 4.69) is 63.5 Å². The molecule has 0 amide bonds. The molecule has 25 heavy (non-hydrogen) atoms. The number of nitrogens with zero attached hydrogens (tertiary/aromatic N) is 3. The molecule has 1 saturated carbocycles. The molecule has 0 radical (unpaired) electrons. The summed E-state index contributed by atoms with van der Waals surface area (Å²) in [6.45, 7) is 4.35. The van der Waals surface area contributed by atoms with Crippen LogP contribution in [-0.4, -0.2) is 35.1 Å². The molecule has 4 rings (SSSR count). The van der Waals surface area contributed by atoms with Gasteiger partial charge in [-0.2, -0.15) is 0 Å². The van der Waals surface area contributed by atoms with Crippen molar-refractivity contribution in [3.63, 3.8) is 0 Å². The Morgan fingerprint density at radius 1 is 1.08 bits per heavy atom. The molecule has 4 heteroatoms. The van der Waals surface area contributed by atoms with Gasteiger partial charge in [0.15, 0.2) is 0 Å². The number of hydrogen-bond acceptors (Lipinski definition) is 4. The number of aromatic nitrogens is 2. The van der Waals surface area contributed by atoms with E-state index in [4.69, 9.17) is 0 Å². The van der Waals surface area contributed by atoms with Crippen molar-refractivity contribution >= 4 is 12.0 Å². The van der Waals surface area contributed by atoms with Crippen LogP contribution in [-0.2, 0) is 0 Å². The largest absolute Gasteiger partial charge is 0.341 e. The predicted octanol–water partition coefficient (Wildman–Crippen LogP) is 3.53. The molecule has 4 nitrogen and oxygen atoms in total. The Bertz CT molecular complexity index is 705. The minimum atomic E-state index is 0.625. The standard InChI is InChI=1S/C21H26N4/c1-16(14-17-6-3-2-4-7-17)19-15-20(19)24-18-8-12-25(13-9-18)21-22-10-5-11-23-21/h2-7,10-11,14,18-20,24H,8-9,12-13,15H2,1H3/t19?,20-/m0/s1. The van der Waals surface area contributed by atoms with E-state index in [1.165, 1.54) is 30.4 Å². The van der Waals surface area contributed by atoms with Crippen molar-refractivity contribution in [3.8, 4) is 0 Å². The van der Waals surface area contributed by atoms with Crippen molar-refractivity contribution in [1.82, 2.24) is 15.3 Å². The Morgan fingerprint density at radius 2 is 1.80 bits per heavy atom. The van der Waals surface area contributed by atoms with Gasteiger partial charge in [0.25, 0.3) is 0 Å². The average Bonchev–Trinajstić information content (AvgIpc) is 3.43. The topological polar surface area (TPSA) is 41.0 Å². The zero-order valence-corrected chi connectivity index (χ0v) is 14.8. The van der Waals surface area contributed by atoms with Gasteiger partial charge in [0.2, 0.25) is 5.95 Å². The summed E-state index contributed by atoms with van der Waals surface area (Å²) < 4.78 is 0. The first-order valence-electron chi connectivity index (χ1n) is 9.31. The van der Waals surface area contributed by atoms with Gasteiger partial charge < -0.3 is 10.2 Å². The van der Waals surface area contributed by atoms with Crippen LogP contribution in [0.5, 0.6) is 0 Å². The van der Waals surface area contributed by atoms with Crippen molar-refractivity contribution in [1.29, 1.82) is 0 Å². The van der Waals surface area contributed by atoms with E-state index in [-0.39, 0.29) is 0 Å². The quantitative estimate of drug-likeness (QED) is 0.908. The van der Waals surface area contributed by atoms with Crippen LogP contribution in [0.3, 0.4) is 0 Å². The Labute approximate surface area is 150 Å². The summed E-state index contributed by atoms with van der Waals surface area (Å²) in [6.07, 6.45) is 9.59. The Balaban J connectivity index is 1.26. The third kappa shape index (κ3) is 4.07. The number of nitrogens with one attached hydrogen (secondary N) is 1. The third-order valence-electron chi connectivity index (χ3n) is 5.35. The minimum absolute atomic E-state index is 0.625. The van der Waals surface area contributed by atoms with Gasteiger partial charge in [-0.25, -0.2) is 9.97 Å². The fourth-order valence-corrected chi connectivity index (χ4v) is 3.81. The summed E-state index contributed by atoms with van der Waals surface area (Å²) in [6, 6.07) is 13.8. The maximum Gasteiger partial charge on any atom is 0.225 e. The van der Waals surface area contributed by atoms with E-state index in [9.17, 15) is 0 Å². The van der Waals surface area contributed by atoms with E-state index in [1.54, 1.807) is 0 Å². The number of anilines is 1. The highest BCUT2D eigenvalue weighted by atomic mass is 15.3. The summed E-state index contributed by atoms with van der Waals surface area (Å²) in [4.78, 5) is 11.0. The predicted molar refractivity (Wildman–Crippen MR) is 102 cm³/mol. The maximum absolute atomic E-state index is 4.36. The number of rotatable bonds is 5. The van der Waals surface area contributed by atoms with Gasteiger partial charge in [0.1, 0.15) is 0 Å². The summed E-state index contributed by atoms with van der Waals surface area (Å²) in [5, 5.41) is 3.87. The normalized spacial score (nSPS) is 24.4. The smallest absolute Gasteiger partial charge is 0.225 e. The lowest BCUT2D eigenvalue weighted by atomic mass is 10.0. The van der Waals surface area contributed by atoms with Crippen molar-refractivity contribution in [3.05, 3.63) is 59.9 Å². The van der Waals surface area contributed by atoms with Crippen LogP contribution in [0, 0.1) is 5.92 Å². The van der Waals surface area contributed by atoms with Crippen LogP contribution >= 0.6 is 0 Å². The number of piperidine rings is 1. The average molecular weight is 334 g/mol.